The zero-order chi connectivity index (χ0) is 21.5. The molecule has 2 N–H and O–H groups in total. The Labute approximate surface area is 173 Å². The number of aromatic nitrogens is 1. The summed E-state index contributed by atoms with van der Waals surface area (Å²) in [5.74, 6) is -1.07. The van der Waals surface area contributed by atoms with Gasteiger partial charge >= 0.3 is 5.97 Å². The average Bonchev–Trinajstić information content (AvgIpc) is 2.80. The lowest BCUT2D eigenvalue weighted by atomic mass is 10.1. The normalized spacial score (nSPS) is 22.1. The fourth-order valence-corrected chi connectivity index (χ4v) is 2.97. The topological polar surface area (TPSA) is 116 Å². The van der Waals surface area contributed by atoms with E-state index in [1.807, 2.05) is 30.3 Å². The summed E-state index contributed by atoms with van der Waals surface area (Å²) in [5, 5.41) is 12.6. The minimum absolute atomic E-state index is 0.0833. The Kier molecular flexibility index (Phi) is 7.08. The molecule has 0 aliphatic carbocycles. The molecule has 160 valence electrons. The van der Waals surface area contributed by atoms with Crippen molar-refractivity contribution in [1.82, 2.24) is 10.3 Å². The number of carbonyl (C=O) groups excluding carboxylic acids is 2. The molecule has 2 aromatic rings. The van der Waals surface area contributed by atoms with Crippen molar-refractivity contribution in [1.29, 1.82) is 0 Å². The number of nitrogens with zero attached hydrogens (tertiary/aromatic N) is 1. The summed E-state index contributed by atoms with van der Waals surface area (Å²) in [6, 6.07) is 9.57. The van der Waals surface area contributed by atoms with Gasteiger partial charge in [0.2, 0.25) is 0 Å². The number of aromatic hydroxyl groups is 1. The molecule has 1 saturated heterocycles. The fraction of sp³-hybridized carbons (Fsp3) is 0.381. The Balaban J connectivity index is 1.68. The Morgan fingerprint density at radius 2 is 2.03 bits per heavy atom. The van der Waals surface area contributed by atoms with Crippen molar-refractivity contribution in [3.8, 4) is 17.2 Å². The first kappa shape index (κ1) is 21.4. The first-order chi connectivity index (χ1) is 14.5. The van der Waals surface area contributed by atoms with Crippen LogP contribution in [-0.2, 0) is 14.3 Å². The molecular weight excluding hydrogens is 392 g/mol. The van der Waals surface area contributed by atoms with Crippen molar-refractivity contribution in [3.63, 3.8) is 0 Å². The number of carbonyl (C=O) groups is 2. The van der Waals surface area contributed by atoms with Crippen LogP contribution in [0.15, 0.2) is 42.6 Å². The largest absolute Gasteiger partial charge is 0.503 e. The van der Waals surface area contributed by atoms with Gasteiger partial charge in [0.15, 0.2) is 23.2 Å². The van der Waals surface area contributed by atoms with Gasteiger partial charge in [-0.15, -0.1) is 0 Å². The van der Waals surface area contributed by atoms with Crippen LogP contribution >= 0.6 is 0 Å². The first-order valence-corrected chi connectivity index (χ1v) is 9.52. The molecule has 30 heavy (non-hydrogen) atoms. The minimum atomic E-state index is -1.07. The van der Waals surface area contributed by atoms with E-state index in [-0.39, 0.29) is 18.1 Å². The molecular formula is C21H24N2O7. The molecule has 1 aliphatic rings. The lowest BCUT2D eigenvalue weighted by Crippen LogP contribution is -2.46. The number of esters is 1. The Morgan fingerprint density at radius 3 is 2.77 bits per heavy atom. The van der Waals surface area contributed by atoms with Gasteiger partial charge in [-0.05, 0) is 19.1 Å². The van der Waals surface area contributed by atoms with E-state index in [0.29, 0.717) is 18.8 Å². The van der Waals surface area contributed by atoms with Gasteiger partial charge in [-0.2, -0.15) is 0 Å². The average molecular weight is 416 g/mol. The van der Waals surface area contributed by atoms with Crippen LogP contribution in [0.3, 0.4) is 0 Å². The van der Waals surface area contributed by atoms with Crippen LogP contribution in [0.5, 0.6) is 17.2 Å². The Hall–Kier alpha value is -3.33. The number of hydrogen-bond acceptors (Lipinski definition) is 8. The molecule has 0 spiro atoms. The van der Waals surface area contributed by atoms with E-state index >= 15 is 0 Å². The molecule has 0 bridgehead atoms. The third-order valence-corrected chi connectivity index (χ3v) is 4.60. The summed E-state index contributed by atoms with van der Waals surface area (Å²) >= 11 is 0. The maximum atomic E-state index is 12.6. The van der Waals surface area contributed by atoms with E-state index in [0.717, 1.165) is 0 Å². The lowest BCUT2D eigenvalue weighted by Gasteiger charge is -2.25. The fourth-order valence-electron chi connectivity index (χ4n) is 2.97. The van der Waals surface area contributed by atoms with Crippen LogP contribution < -0.4 is 14.8 Å². The molecule has 9 nitrogen and oxygen atoms in total. The number of nitrogens with one attached hydrogen (secondary N) is 1. The predicted molar refractivity (Wildman–Crippen MR) is 106 cm³/mol. The highest BCUT2D eigenvalue weighted by Crippen LogP contribution is 2.27. The van der Waals surface area contributed by atoms with Crippen molar-refractivity contribution in [3.05, 3.63) is 48.3 Å². The third-order valence-electron chi connectivity index (χ3n) is 4.60. The maximum absolute atomic E-state index is 12.6. The van der Waals surface area contributed by atoms with Crippen LogP contribution in [0, 0.1) is 0 Å². The number of para-hydroxylation sites is 1. The van der Waals surface area contributed by atoms with E-state index in [2.05, 4.69) is 10.3 Å². The molecule has 1 unspecified atom stereocenters. The van der Waals surface area contributed by atoms with Gasteiger partial charge in [0.05, 0.1) is 20.3 Å². The SMILES string of the molecule is COc1ccnc(C(=O)N[C@H]2COCC[C@@H](Oc3ccccc3)C(C)OC2=O)c1O. The second kappa shape index (κ2) is 9.93. The van der Waals surface area contributed by atoms with E-state index in [1.165, 1.54) is 19.4 Å². The summed E-state index contributed by atoms with van der Waals surface area (Å²) in [4.78, 5) is 29.0. The van der Waals surface area contributed by atoms with Crippen molar-refractivity contribution < 1.29 is 33.6 Å². The summed E-state index contributed by atoms with van der Waals surface area (Å²) in [6.07, 6.45) is 0.846. The highest BCUT2D eigenvalue weighted by molar-refractivity contribution is 5.98. The summed E-state index contributed by atoms with van der Waals surface area (Å²) in [5.41, 5.74) is -0.264. The monoisotopic (exact) mass is 416 g/mol. The summed E-state index contributed by atoms with van der Waals surface area (Å²) in [6.45, 7) is 1.96. The number of pyridine rings is 1. The third kappa shape index (κ3) is 5.18. The number of cyclic esters (lactones) is 1. The van der Waals surface area contributed by atoms with Gasteiger partial charge in [-0.1, -0.05) is 18.2 Å². The molecule has 3 atom stereocenters. The van der Waals surface area contributed by atoms with E-state index in [4.69, 9.17) is 18.9 Å². The number of hydrogen-bond donors (Lipinski definition) is 2. The molecule has 3 rings (SSSR count). The lowest BCUT2D eigenvalue weighted by molar-refractivity contribution is -0.155. The molecule has 1 fully saturated rings. The number of benzene rings is 1. The van der Waals surface area contributed by atoms with Crippen molar-refractivity contribution in [2.24, 2.45) is 0 Å². The zero-order valence-electron chi connectivity index (χ0n) is 16.7. The van der Waals surface area contributed by atoms with Crippen LogP contribution in [0.2, 0.25) is 0 Å². The second-order valence-electron chi connectivity index (χ2n) is 6.71. The maximum Gasteiger partial charge on any atom is 0.331 e. The van der Waals surface area contributed by atoms with Gasteiger partial charge in [-0.25, -0.2) is 9.78 Å². The molecule has 1 aromatic carbocycles. The molecule has 0 radical (unpaired) electrons. The molecule has 1 amide bonds. The van der Waals surface area contributed by atoms with E-state index in [1.54, 1.807) is 6.92 Å². The standard InChI is InChI=1S/C21H24N2O7/c1-13-16(30-14-6-4-3-5-7-14)9-11-28-12-15(21(26)29-13)23-20(25)18-19(24)17(27-2)8-10-22-18/h3-8,10,13,15-16,24H,9,11-12H2,1-2H3,(H,23,25)/t13?,15-,16+/m0/s1. The van der Waals surface area contributed by atoms with E-state index in [9.17, 15) is 14.7 Å². The van der Waals surface area contributed by atoms with Crippen LogP contribution in [0.4, 0.5) is 0 Å². The summed E-state index contributed by atoms with van der Waals surface area (Å²) < 4.78 is 22.0. The van der Waals surface area contributed by atoms with Crippen molar-refractivity contribution in [2.45, 2.75) is 31.6 Å². The molecule has 1 aliphatic heterocycles. The number of amides is 1. The smallest absolute Gasteiger partial charge is 0.331 e. The quantitative estimate of drug-likeness (QED) is 0.708. The highest BCUT2D eigenvalue weighted by atomic mass is 16.6. The summed E-state index contributed by atoms with van der Waals surface area (Å²) in [7, 11) is 1.36. The molecule has 0 saturated carbocycles. The number of methoxy groups -OCH3 is 1. The molecule has 1 aromatic heterocycles. The van der Waals surface area contributed by atoms with E-state index < -0.39 is 35.9 Å². The zero-order valence-corrected chi connectivity index (χ0v) is 16.7. The van der Waals surface area contributed by atoms with Gasteiger partial charge in [0.25, 0.3) is 5.91 Å². The van der Waals surface area contributed by atoms with Crippen LogP contribution in [0.25, 0.3) is 0 Å². The van der Waals surface area contributed by atoms with Crippen molar-refractivity contribution >= 4 is 11.9 Å². The number of ether oxygens (including phenoxy) is 4. The van der Waals surface area contributed by atoms with Crippen LogP contribution in [0.1, 0.15) is 23.8 Å². The molecule has 9 heteroatoms. The predicted octanol–water partition coefficient (Wildman–Crippen LogP) is 1.69. The first-order valence-electron chi connectivity index (χ1n) is 9.52. The molecule has 2 heterocycles. The van der Waals surface area contributed by atoms with Crippen molar-refractivity contribution in [2.75, 3.05) is 20.3 Å². The second-order valence-corrected chi connectivity index (χ2v) is 6.71. The van der Waals surface area contributed by atoms with Gasteiger partial charge in [-0.3, -0.25) is 4.79 Å². The van der Waals surface area contributed by atoms with Crippen LogP contribution in [-0.4, -0.2) is 60.5 Å². The Bertz CT molecular complexity index is 875. The Morgan fingerprint density at radius 1 is 1.27 bits per heavy atom. The van der Waals surface area contributed by atoms with Gasteiger partial charge < -0.3 is 29.4 Å². The van der Waals surface area contributed by atoms with Gasteiger partial charge in [0, 0.05) is 18.7 Å². The highest BCUT2D eigenvalue weighted by Gasteiger charge is 2.31. The van der Waals surface area contributed by atoms with Gasteiger partial charge in [0.1, 0.15) is 18.0 Å². The number of rotatable bonds is 5. The minimum Gasteiger partial charge on any atom is -0.503 e.